The fraction of sp³-hybridized carbons (Fsp3) is 0.261. The topological polar surface area (TPSA) is 72.4 Å². The lowest BCUT2D eigenvalue weighted by Gasteiger charge is -2.22. The predicted octanol–water partition coefficient (Wildman–Crippen LogP) is 4.23. The molecule has 31 heavy (non-hydrogen) atoms. The molecule has 7 nitrogen and oxygen atoms in total. The number of nitrogens with one attached hydrogen (secondary N) is 1. The summed E-state index contributed by atoms with van der Waals surface area (Å²) in [4.78, 5) is 14.7. The molecule has 2 aromatic carbocycles. The fourth-order valence-corrected chi connectivity index (χ4v) is 3.44. The van der Waals surface area contributed by atoms with E-state index >= 15 is 0 Å². The van der Waals surface area contributed by atoms with Gasteiger partial charge < -0.3 is 14.4 Å². The average Bonchev–Trinajstić information content (AvgIpc) is 3.17. The monoisotopic (exact) mass is 438 g/mol. The highest BCUT2D eigenvalue weighted by Crippen LogP contribution is 2.21. The summed E-state index contributed by atoms with van der Waals surface area (Å²) in [5.41, 5.74) is 1.91. The maximum Gasteiger partial charge on any atom is 0.224 e. The number of H-pyrrole nitrogens is 1. The van der Waals surface area contributed by atoms with Gasteiger partial charge in [0.15, 0.2) is 10.6 Å². The van der Waals surface area contributed by atoms with Crippen LogP contribution >= 0.6 is 12.2 Å². The summed E-state index contributed by atoms with van der Waals surface area (Å²) in [6.45, 7) is 5.17. The minimum Gasteiger partial charge on any atom is -0.497 e. The van der Waals surface area contributed by atoms with Gasteiger partial charge in [-0.2, -0.15) is 5.10 Å². The maximum atomic E-state index is 13.0. The summed E-state index contributed by atoms with van der Waals surface area (Å²) in [6, 6.07) is 15.2. The van der Waals surface area contributed by atoms with Gasteiger partial charge >= 0.3 is 0 Å². The lowest BCUT2D eigenvalue weighted by Crippen LogP contribution is -2.31. The van der Waals surface area contributed by atoms with E-state index in [-0.39, 0.29) is 5.91 Å². The second-order valence-corrected chi connectivity index (χ2v) is 7.28. The first kappa shape index (κ1) is 22.3. The van der Waals surface area contributed by atoms with Gasteiger partial charge in [0.25, 0.3) is 0 Å². The number of amides is 1. The molecule has 0 aliphatic heterocycles. The van der Waals surface area contributed by atoms with E-state index in [9.17, 15) is 4.79 Å². The van der Waals surface area contributed by atoms with E-state index in [1.165, 1.54) is 0 Å². The number of benzene rings is 2. The first-order valence-electron chi connectivity index (χ1n) is 9.87. The van der Waals surface area contributed by atoms with Crippen molar-refractivity contribution in [2.45, 2.75) is 19.5 Å². The second kappa shape index (κ2) is 10.6. The normalized spacial score (nSPS) is 10.5. The van der Waals surface area contributed by atoms with E-state index in [2.05, 4.69) is 16.8 Å². The van der Waals surface area contributed by atoms with Gasteiger partial charge in [0.05, 0.1) is 14.2 Å². The zero-order valence-electron chi connectivity index (χ0n) is 17.7. The van der Waals surface area contributed by atoms with Crippen LogP contribution in [0.4, 0.5) is 0 Å². The van der Waals surface area contributed by atoms with Crippen LogP contribution in [0.15, 0.2) is 61.2 Å². The minimum absolute atomic E-state index is 0.0134. The molecule has 8 heteroatoms. The highest BCUT2D eigenvalue weighted by atomic mass is 32.1. The smallest absolute Gasteiger partial charge is 0.224 e. The zero-order valence-corrected chi connectivity index (χ0v) is 18.5. The Morgan fingerprint density at radius 3 is 2.32 bits per heavy atom. The Balaban J connectivity index is 1.71. The number of carbonyl (C=O) groups is 1. The molecule has 0 unspecified atom stereocenters. The van der Waals surface area contributed by atoms with E-state index in [1.807, 2.05) is 53.1 Å². The third kappa shape index (κ3) is 5.61. The molecule has 0 aliphatic carbocycles. The maximum absolute atomic E-state index is 13.0. The summed E-state index contributed by atoms with van der Waals surface area (Å²) < 4.78 is 12.7. The SMILES string of the molecule is C=CCN(Cc1ccc(OC)cc1)C(=O)CCn1c(-c2ccc(OC)cc2)n[nH]c1=S. The van der Waals surface area contributed by atoms with Crippen molar-refractivity contribution in [2.24, 2.45) is 0 Å². The molecule has 3 aromatic rings. The van der Waals surface area contributed by atoms with Crippen molar-refractivity contribution in [1.29, 1.82) is 0 Å². The van der Waals surface area contributed by atoms with Crippen LogP contribution in [-0.4, -0.2) is 46.3 Å². The van der Waals surface area contributed by atoms with Crippen LogP contribution in [0.2, 0.25) is 0 Å². The van der Waals surface area contributed by atoms with Crippen LogP contribution in [0, 0.1) is 4.77 Å². The van der Waals surface area contributed by atoms with E-state index in [0.29, 0.717) is 36.7 Å². The van der Waals surface area contributed by atoms with Gasteiger partial charge in [-0.1, -0.05) is 18.2 Å². The number of hydrogen-bond donors (Lipinski definition) is 1. The molecular formula is C23H26N4O3S. The molecule has 0 saturated heterocycles. The van der Waals surface area contributed by atoms with E-state index in [0.717, 1.165) is 22.6 Å². The number of ether oxygens (including phenoxy) is 2. The van der Waals surface area contributed by atoms with Gasteiger partial charge in [-0.15, -0.1) is 6.58 Å². The van der Waals surface area contributed by atoms with Gasteiger partial charge in [-0.25, -0.2) is 0 Å². The zero-order chi connectivity index (χ0) is 22.2. The van der Waals surface area contributed by atoms with Crippen LogP contribution in [0.5, 0.6) is 11.5 Å². The van der Waals surface area contributed by atoms with Crippen LogP contribution in [0.3, 0.4) is 0 Å². The number of hydrogen-bond acceptors (Lipinski definition) is 5. The first-order chi connectivity index (χ1) is 15.0. The minimum atomic E-state index is 0.0134. The second-order valence-electron chi connectivity index (χ2n) is 6.89. The molecule has 1 N–H and O–H groups in total. The Kier molecular flexibility index (Phi) is 7.61. The molecule has 1 heterocycles. The van der Waals surface area contributed by atoms with Crippen molar-refractivity contribution in [2.75, 3.05) is 20.8 Å². The molecule has 1 amide bonds. The quantitative estimate of drug-likeness (QED) is 0.379. The third-order valence-corrected chi connectivity index (χ3v) is 5.20. The Hall–Kier alpha value is -3.39. The van der Waals surface area contributed by atoms with E-state index in [1.54, 1.807) is 25.2 Å². The Morgan fingerprint density at radius 2 is 1.74 bits per heavy atom. The van der Waals surface area contributed by atoms with E-state index in [4.69, 9.17) is 21.7 Å². The number of aromatic nitrogens is 3. The highest BCUT2D eigenvalue weighted by Gasteiger charge is 2.15. The average molecular weight is 439 g/mol. The number of rotatable bonds is 10. The lowest BCUT2D eigenvalue weighted by atomic mass is 10.2. The van der Waals surface area contributed by atoms with Gasteiger partial charge in [0.1, 0.15) is 11.5 Å². The number of methoxy groups -OCH3 is 2. The molecule has 3 rings (SSSR count). The van der Waals surface area contributed by atoms with Crippen molar-refractivity contribution in [3.8, 4) is 22.9 Å². The van der Waals surface area contributed by atoms with Crippen molar-refractivity contribution in [3.05, 3.63) is 71.5 Å². The van der Waals surface area contributed by atoms with Gasteiger partial charge in [-0.05, 0) is 54.2 Å². The van der Waals surface area contributed by atoms with Crippen LogP contribution in [0.1, 0.15) is 12.0 Å². The van der Waals surface area contributed by atoms with Gasteiger partial charge in [-0.3, -0.25) is 14.5 Å². The van der Waals surface area contributed by atoms with Crippen LogP contribution in [0.25, 0.3) is 11.4 Å². The molecule has 0 saturated carbocycles. The molecule has 0 spiro atoms. The summed E-state index contributed by atoms with van der Waals surface area (Å²) >= 11 is 5.39. The molecule has 0 aliphatic rings. The predicted molar refractivity (Wildman–Crippen MR) is 123 cm³/mol. The molecule has 0 radical (unpaired) electrons. The molecule has 0 bridgehead atoms. The molecule has 0 fully saturated rings. The molecular weight excluding hydrogens is 412 g/mol. The van der Waals surface area contributed by atoms with Crippen molar-refractivity contribution < 1.29 is 14.3 Å². The molecule has 1 aromatic heterocycles. The van der Waals surface area contributed by atoms with Crippen LogP contribution < -0.4 is 9.47 Å². The number of aromatic amines is 1. The van der Waals surface area contributed by atoms with Gasteiger partial charge in [0, 0.05) is 31.6 Å². The van der Waals surface area contributed by atoms with Crippen LogP contribution in [-0.2, 0) is 17.9 Å². The Bertz CT molecular complexity index is 1070. The lowest BCUT2D eigenvalue weighted by molar-refractivity contribution is -0.131. The number of nitrogens with zero attached hydrogens (tertiary/aromatic N) is 3. The summed E-state index contributed by atoms with van der Waals surface area (Å²) in [6.07, 6.45) is 2.02. The molecule has 162 valence electrons. The van der Waals surface area contributed by atoms with Crippen molar-refractivity contribution >= 4 is 18.1 Å². The third-order valence-electron chi connectivity index (χ3n) is 4.89. The first-order valence-corrected chi connectivity index (χ1v) is 10.3. The molecule has 0 atom stereocenters. The summed E-state index contributed by atoms with van der Waals surface area (Å²) in [5.74, 6) is 2.24. The fourth-order valence-electron chi connectivity index (χ4n) is 3.21. The Morgan fingerprint density at radius 1 is 1.13 bits per heavy atom. The van der Waals surface area contributed by atoms with E-state index < -0.39 is 0 Å². The number of carbonyl (C=O) groups excluding carboxylic acids is 1. The van der Waals surface area contributed by atoms with Crippen molar-refractivity contribution in [1.82, 2.24) is 19.7 Å². The van der Waals surface area contributed by atoms with Gasteiger partial charge in [0.2, 0.25) is 5.91 Å². The Labute approximate surface area is 186 Å². The summed E-state index contributed by atoms with van der Waals surface area (Å²) in [5, 5.41) is 7.16. The largest absolute Gasteiger partial charge is 0.497 e. The summed E-state index contributed by atoms with van der Waals surface area (Å²) in [7, 11) is 3.25. The standard InChI is InChI=1S/C23H26N4O3S/c1-4-14-26(16-17-5-9-19(29-2)10-6-17)21(28)13-15-27-22(24-25-23(27)31)18-7-11-20(30-3)12-8-18/h4-12H,1,13-16H2,2-3H3,(H,25,31). The highest BCUT2D eigenvalue weighted by molar-refractivity contribution is 7.71. The van der Waals surface area contributed by atoms with Crippen molar-refractivity contribution in [3.63, 3.8) is 0 Å².